The second-order valence-electron chi connectivity index (χ2n) is 7.74. The van der Waals surface area contributed by atoms with Gasteiger partial charge in [-0.05, 0) is 67.6 Å². The number of fused-ring (bicyclic) bond motifs is 1. The Morgan fingerprint density at radius 2 is 1.67 bits per heavy atom. The summed E-state index contributed by atoms with van der Waals surface area (Å²) in [7, 11) is -4.03. The quantitative estimate of drug-likeness (QED) is 0.314. The predicted molar refractivity (Wildman–Crippen MR) is 125 cm³/mol. The third-order valence-electron chi connectivity index (χ3n) is 5.16. The molecule has 0 amide bonds. The SMILES string of the molecule is Cc1ccc(-c2cnc3ccc(-c4ccc(NS(=O)(=O)c5ccc(OC(F)(F)F)cc5)cc4)nn23)o1. The fourth-order valence-corrected chi connectivity index (χ4v) is 4.57. The van der Waals surface area contributed by atoms with Gasteiger partial charge in [-0.3, -0.25) is 4.72 Å². The summed E-state index contributed by atoms with van der Waals surface area (Å²) in [5.74, 6) is 0.880. The number of alkyl halides is 3. The molecule has 0 bridgehead atoms. The van der Waals surface area contributed by atoms with E-state index < -0.39 is 22.1 Å². The lowest BCUT2D eigenvalue weighted by atomic mass is 10.1. The number of aryl methyl sites for hydroxylation is 1. The minimum absolute atomic E-state index is 0.214. The fraction of sp³-hybridized carbons (Fsp3) is 0.0833. The number of aromatic nitrogens is 3. The molecule has 12 heteroatoms. The highest BCUT2D eigenvalue weighted by molar-refractivity contribution is 7.92. The van der Waals surface area contributed by atoms with Crippen molar-refractivity contribution in [1.29, 1.82) is 0 Å². The van der Waals surface area contributed by atoms with E-state index in [4.69, 9.17) is 4.42 Å². The topological polar surface area (TPSA) is 98.7 Å². The zero-order chi connectivity index (χ0) is 25.5. The van der Waals surface area contributed by atoms with E-state index in [1.807, 2.05) is 25.1 Å². The Morgan fingerprint density at radius 3 is 2.31 bits per heavy atom. The first-order valence-electron chi connectivity index (χ1n) is 10.5. The Bertz CT molecular complexity index is 1640. The van der Waals surface area contributed by atoms with Gasteiger partial charge >= 0.3 is 6.36 Å². The van der Waals surface area contributed by atoms with Gasteiger partial charge in [0, 0.05) is 11.3 Å². The second-order valence-corrected chi connectivity index (χ2v) is 9.43. The maximum Gasteiger partial charge on any atom is 0.573 e. The number of imidazole rings is 1. The predicted octanol–water partition coefficient (Wildman–Crippen LogP) is 5.66. The van der Waals surface area contributed by atoms with Gasteiger partial charge in [0.1, 0.15) is 17.2 Å². The van der Waals surface area contributed by atoms with Crippen molar-refractivity contribution in [3.8, 4) is 28.5 Å². The molecule has 0 radical (unpaired) electrons. The normalized spacial score (nSPS) is 12.1. The van der Waals surface area contributed by atoms with E-state index >= 15 is 0 Å². The number of rotatable bonds is 6. The van der Waals surface area contributed by atoms with Crippen LogP contribution in [-0.4, -0.2) is 29.4 Å². The Balaban J connectivity index is 1.36. The maximum atomic E-state index is 12.6. The van der Waals surface area contributed by atoms with Crippen molar-refractivity contribution in [2.24, 2.45) is 0 Å². The number of ether oxygens (including phenoxy) is 1. The van der Waals surface area contributed by atoms with Gasteiger partial charge in [-0.15, -0.1) is 13.2 Å². The Hall–Kier alpha value is -4.32. The Morgan fingerprint density at radius 1 is 0.944 bits per heavy atom. The fourth-order valence-electron chi connectivity index (χ4n) is 3.51. The number of hydrogen-bond acceptors (Lipinski definition) is 6. The van der Waals surface area contributed by atoms with Crippen LogP contribution in [-0.2, 0) is 10.0 Å². The molecule has 5 rings (SSSR count). The molecule has 5 aromatic rings. The number of nitrogens with one attached hydrogen (secondary N) is 1. The summed E-state index contributed by atoms with van der Waals surface area (Å²) in [5.41, 5.74) is 2.95. The number of halogens is 3. The monoisotopic (exact) mass is 514 g/mol. The van der Waals surface area contributed by atoms with Gasteiger partial charge in [-0.2, -0.15) is 5.10 Å². The maximum absolute atomic E-state index is 12.6. The van der Waals surface area contributed by atoms with Gasteiger partial charge in [-0.1, -0.05) is 12.1 Å². The number of anilines is 1. The van der Waals surface area contributed by atoms with Gasteiger partial charge in [0.25, 0.3) is 10.0 Å². The minimum atomic E-state index is -4.86. The highest BCUT2D eigenvalue weighted by atomic mass is 32.2. The molecule has 0 aliphatic heterocycles. The third-order valence-corrected chi connectivity index (χ3v) is 6.55. The molecule has 8 nitrogen and oxygen atoms in total. The van der Waals surface area contributed by atoms with Crippen molar-refractivity contribution < 1.29 is 30.7 Å². The van der Waals surface area contributed by atoms with Crippen LogP contribution in [0, 0.1) is 6.92 Å². The molecule has 0 fully saturated rings. The molecule has 184 valence electrons. The van der Waals surface area contributed by atoms with E-state index in [9.17, 15) is 21.6 Å². The molecule has 3 heterocycles. The number of nitrogens with zero attached hydrogens (tertiary/aromatic N) is 3. The molecule has 0 atom stereocenters. The first-order chi connectivity index (χ1) is 17.1. The van der Waals surface area contributed by atoms with E-state index in [0.717, 1.165) is 35.6 Å². The van der Waals surface area contributed by atoms with E-state index in [-0.39, 0.29) is 10.6 Å². The van der Waals surface area contributed by atoms with Crippen LogP contribution in [0.25, 0.3) is 28.4 Å². The molecule has 0 aliphatic rings. The first kappa shape index (κ1) is 23.4. The molecule has 0 spiro atoms. The summed E-state index contributed by atoms with van der Waals surface area (Å²) >= 11 is 0. The minimum Gasteiger partial charge on any atom is -0.460 e. The van der Waals surface area contributed by atoms with Gasteiger partial charge in [0.2, 0.25) is 0 Å². The molecule has 2 aromatic carbocycles. The summed E-state index contributed by atoms with van der Waals surface area (Å²) in [5, 5.41) is 4.64. The standard InChI is InChI=1S/C24H17F3N4O4S/c1-15-2-12-22(34-15)21-14-28-23-13-11-20(29-31(21)23)16-3-5-17(6-4-16)30-36(32,33)19-9-7-18(8-10-19)35-24(25,26)27/h2-14,30H,1H3. The van der Waals surface area contributed by atoms with E-state index in [0.29, 0.717) is 22.8 Å². The van der Waals surface area contributed by atoms with Crippen molar-refractivity contribution in [3.63, 3.8) is 0 Å². The van der Waals surface area contributed by atoms with Crippen LogP contribution < -0.4 is 9.46 Å². The molecule has 0 saturated carbocycles. The summed E-state index contributed by atoms with van der Waals surface area (Å²) < 4.78 is 75.7. The van der Waals surface area contributed by atoms with Crippen LogP contribution in [0.4, 0.5) is 18.9 Å². The second kappa shape index (κ2) is 8.72. The van der Waals surface area contributed by atoms with E-state index in [1.165, 1.54) is 0 Å². The average molecular weight is 514 g/mol. The molecular weight excluding hydrogens is 497 g/mol. The van der Waals surface area contributed by atoms with Gasteiger partial charge in [-0.25, -0.2) is 17.9 Å². The van der Waals surface area contributed by atoms with Crippen molar-refractivity contribution >= 4 is 21.4 Å². The van der Waals surface area contributed by atoms with E-state index in [2.05, 4.69) is 19.5 Å². The summed E-state index contributed by atoms with van der Waals surface area (Å²) in [6, 6.07) is 17.7. The Kier molecular flexibility index (Phi) is 5.67. The van der Waals surface area contributed by atoms with Gasteiger partial charge in [0.05, 0.1) is 16.8 Å². The summed E-state index contributed by atoms with van der Waals surface area (Å²) in [6.45, 7) is 1.85. The summed E-state index contributed by atoms with van der Waals surface area (Å²) in [6.07, 6.45) is -3.19. The van der Waals surface area contributed by atoms with Gasteiger partial charge < -0.3 is 9.15 Å². The number of hydrogen-bond donors (Lipinski definition) is 1. The smallest absolute Gasteiger partial charge is 0.460 e. The highest BCUT2D eigenvalue weighted by Crippen LogP contribution is 2.27. The van der Waals surface area contributed by atoms with Crippen LogP contribution >= 0.6 is 0 Å². The number of furan rings is 1. The van der Waals surface area contributed by atoms with Crippen LogP contribution in [0.3, 0.4) is 0 Å². The summed E-state index contributed by atoms with van der Waals surface area (Å²) in [4.78, 5) is 4.13. The Labute approximate surface area is 203 Å². The lowest BCUT2D eigenvalue weighted by molar-refractivity contribution is -0.274. The lowest BCUT2D eigenvalue weighted by Gasteiger charge is -2.11. The molecule has 1 N–H and O–H groups in total. The number of sulfonamides is 1. The van der Waals surface area contributed by atoms with E-state index in [1.54, 1.807) is 41.0 Å². The van der Waals surface area contributed by atoms with Crippen LogP contribution in [0.15, 0.2) is 88.3 Å². The van der Waals surface area contributed by atoms with Crippen molar-refractivity contribution in [1.82, 2.24) is 14.6 Å². The highest BCUT2D eigenvalue weighted by Gasteiger charge is 2.31. The van der Waals surface area contributed by atoms with Crippen molar-refractivity contribution in [2.75, 3.05) is 4.72 Å². The van der Waals surface area contributed by atoms with Crippen LogP contribution in [0.5, 0.6) is 5.75 Å². The number of benzene rings is 2. The molecule has 36 heavy (non-hydrogen) atoms. The zero-order valence-electron chi connectivity index (χ0n) is 18.5. The molecule has 0 unspecified atom stereocenters. The zero-order valence-corrected chi connectivity index (χ0v) is 19.3. The molecule has 0 aliphatic carbocycles. The van der Waals surface area contributed by atoms with Crippen LogP contribution in [0.1, 0.15) is 5.76 Å². The molecular formula is C24H17F3N4O4S. The van der Waals surface area contributed by atoms with Crippen LogP contribution in [0.2, 0.25) is 0 Å². The lowest BCUT2D eigenvalue weighted by Crippen LogP contribution is -2.17. The van der Waals surface area contributed by atoms with Gasteiger partial charge in [0.15, 0.2) is 11.4 Å². The van der Waals surface area contributed by atoms with Crippen molar-refractivity contribution in [2.45, 2.75) is 18.2 Å². The average Bonchev–Trinajstić information content (AvgIpc) is 3.44. The molecule has 3 aromatic heterocycles. The largest absolute Gasteiger partial charge is 0.573 e. The molecule has 0 saturated heterocycles. The first-order valence-corrected chi connectivity index (χ1v) is 12.0. The van der Waals surface area contributed by atoms with Crippen molar-refractivity contribution in [3.05, 3.63) is 84.8 Å². The third kappa shape index (κ3) is 4.89.